The molecule has 0 N–H and O–H groups in total. The van der Waals surface area contributed by atoms with Gasteiger partial charge in [0.15, 0.2) is 0 Å². The lowest BCUT2D eigenvalue weighted by molar-refractivity contribution is 0.120. The second-order valence-electron chi connectivity index (χ2n) is 5.12. The zero-order valence-corrected chi connectivity index (χ0v) is 13.5. The molecule has 2 aliphatic heterocycles. The first-order valence-corrected chi connectivity index (χ1v) is 8.07. The fraction of sp³-hybridized carbons (Fsp3) is 0.571. The van der Waals surface area contributed by atoms with Gasteiger partial charge >= 0.3 is 0 Å². The van der Waals surface area contributed by atoms with E-state index in [0.29, 0.717) is 16.8 Å². The van der Waals surface area contributed by atoms with Crippen molar-refractivity contribution in [1.29, 1.82) is 0 Å². The van der Waals surface area contributed by atoms with E-state index in [9.17, 15) is 0 Å². The summed E-state index contributed by atoms with van der Waals surface area (Å²) in [4.78, 5) is 0.312. The van der Waals surface area contributed by atoms with E-state index in [1.165, 1.54) is 11.1 Å². The smallest absolute Gasteiger partial charge is 0.127 e. The van der Waals surface area contributed by atoms with Gasteiger partial charge in [0, 0.05) is 27.2 Å². The van der Waals surface area contributed by atoms with Crippen molar-refractivity contribution < 1.29 is 9.47 Å². The van der Waals surface area contributed by atoms with Gasteiger partial charge in [-0.25, -0.2) is 0 Å². The number of fused-ring (bicyclic) bond motifs is 1. The van der Waals surface area contributed by atoms with Crippen molar-refractivity contribution in [3.63, 3.8) is 0 Å². The molecule has 0 saturated carbocycles. The number of benzene rings is 1. The highest BCUT2D eigenvalue weighted by molar-refractivity contribution is 9.10. The van der Waals surface area contributed by atoms with Crippen molar-refractivity contribution in [3.05, 3.63) is 27.7 Å². The lowest BCUT2D eigenvalue weighted by Crippen LogP contribution is -2.09. The molecular weight excluding hydrogens is 360 g/mol. The third-order valence-electron chi connectivity index (χ3n) is 3.72. The molecule has 1 saturated heterocycles. The summed E-state index contributed by atoms with van der Waals surface area (Å²) in [7, 11) is 0. The zero-order chi connectivity index (χ0) is 12.7. The minimum absolute atomic E-state index is 0.312. The Balaban J connectivity index is 1.92. The number of halogens is 2. The minimum Gasteiger partial charge on any atom is -0.493 e. The Hall–Kier alpha value is -0.0600. The predicted molar refractivity (Wildman–Crippen MR) is 78.5 cm³/mol. The molecule has 2 nitrogen and oxygen atoms in total. The monoisotopic (exact) mass is 374 g/mol. The third kappa shape index (κ3) is 2.35. The SMILES string of the molecule is CC1CC(C(Br)c2cc(Br)cc3c2OCC3)CO1. The van der Waals surface area contributed by atoms with Crippen LogP contribution in [0.4, 0.5) is 0 Å². The lowest BCUT2D eigenvalue weighted by atomic mass is 9.95. The summed E-state index contributed by atoms with van der Waals surface area (Å²) in [6, 6.07) is 4.34. The summed E-state index contributed by atoms with van der Waals surface area (Å²) < 4.78 is 12.6. The number of ether oxygens (including phenoxy) is 2. The van der Waals surface area contributed by atoms with Crippen molar-refractivity contribution in [2.75, 3.05) is 13.2 Å². The fourth-order valence-electron chi connectivity index (χ4n) is 2.81. The predicted octanol–water partition coefficient (Wildman–Crippen LogP) is 4.25. The molecule has 1 fully saturated rings. The highest BCUT2D eigenvalue weighted by Gasteiger charge is 2.32. The maximum Gasteiger partial charge on any atom is 0.127 e. The maximum atomic E-state index is 5.80. The average Bonchev–Trinajstić information content (AvgIpc) is 2.95. The largest absolute Gasteiger partial charge is 0.493 e. The summed E-state index contributed by atoms with van der Waals surface area (Å²) >= 11 is 7.44. The van der Waals surface area contributed by atoms with Crippen LogP contribution in [0.15, 0.2) is 16.6 Å². The third-order valence-corrected chi connectivity index (χ3v) is 5.42. The maximum absolute atomic E-state index is 5.80. The number of alkyl halides is 1. The molecule has 3 atom stereocenters. The first kappa shape index (κ1) is 12.9. The van der Waals surface area contributed by atoms with Gasteiger partial charge in [-0.1, -0.05) is 31.9 Å². The van der Waals surface area contributed by atoms with Crippen LogP contribution in [-0.2, 0) is 11.2 Å². The quantitative estimate of drug-likeness (QED) is 0.719. The Morgan fingerprint density at radius 1 is 1.39 bits per heavy atom. The molecule has 0 aliphatic carbocycles. The molecule has 0 aromatic heterocycles. The van der Waals surface area contributed by atoms with Crippen LogP contribution in [-0.4, -0.2) is 19.3 Å². The van der Waals surface area contributed by atoms with Crippen LogP contribution in [0, 0.1) is 5.92 Å². The van der Waals surface area contributed by atoms with Crippen LogP contribution in [0.3, 0.4) is 0 Å². The van der Waals surface area contributed by atoms with Gasteiger partial charge in [-0.05, 0) is 31.0 Å². The van der Waals surface area contributed by atoms with E-state index in [0.717, 1.165) is 36.3 Å². The molecule has 1 aromatic rings. The normalized spacial score (nSPS) is 27.9. The summed E-state index contributed by atoms with van der Waals surface area (Å²) in [5.74, 6) is 1.61. The molecule has 0 bridgehead atoms. The van der Waals surface area contributed by atoms with E-state index in [-0.39, 0.29) is 0 Å². The van der Waals surface area contributed by atoms with Crippen LogP contribution in [0.5, 0.6) is 5.75 Å². The van der Waals surface area contributed by atoms with Crippen molar-refractivity contribution in [2.24, 2.45) is 5.92 Å². The number of hydrogen-bond donors (Lipinski definition) is 0. The van der Waals surface area contributed by atoms with Crippen LogP contribution in [0.2, 0.25) is 0 Å². The van der Waals surface area contributed by atoms with E-state index in [2.05, 4.69) is 50.9 Å². The van der Waals surface area contributed by atoms with Gasteiger partial charge in [0.2, 0.25) is 0 Å². The van der Waals surface area contributed by atoms with Crippen molar-refractivity contribution in [2.45, 2.75) is 30.7 Å². The van der Waals surface area contributed by atoms with Crippen molar-refractivity contribution in [3.8, 4) is 5.75 Å². The van der Waals surface area contributed by atoms with Gasteiger partial charge in [-0.15, -0.1) is 0 Å². The Morgan fingerprint density at radius 3 is 2.94 bits per heavy atom. The Morgan fingerprint density at radius 2 is 2.22 bits per heavy atom. The molecule has 3 unspecified atom stereocenters. The standard InChI is InChI=1S/C14H16Br2O2/c1-8-4-10(7-18-8)13(16)12-6-11(15)5-9-2-3-17-14(9)12/h5-6,8,10,13H,2-4,7H2,1H3. The zero-order valence-electron chi connectivity index (χ0n) is 10.3. The van der Waals surface area contributed by atoms with Crippen LogP contribution in [0.25, 0.3) is 0 Å². The van der Waals surface area contributed by atoms with E-state index in [1.807, 2.05) is 0 Å². The van der Waals surface area contributed by atoms with Gasteiger partial charge in [-0.3, -0.25) is 0 Å². The first-order chi connectivity index (χ1) is 8.65. The highest BCUT2D eigenvalue weighted by Crippen LogP contribution is 2.45. The second kappa shape index (κ2) is 5.14. The van der Waals surface area contributed by atoms with Crippen molar-refractivity contribution in [1.82, 2.24) is 0 Å². The van der Waals surface area contributed by atoms with E-state index in [4.69, 9.17) is 9.47 Å². The average molecular weight is 376 g/mol. The topological polar surface area (TPSA) is 18.5 Å². The first-order valence-electron chi connectivity index (χ1n) is 6.36. The number of rotatable bonds is 2. The van der Waals surface area contributed by atoms with Gasteiger partial charge < -0.3 is 9.47 Å². The van der Waals surface area contributed by atoms with Gasteiger partial charge in [-0.2, -0.15) is 0 Å². The lowest BCUT2D eigenvalue weighted by Gasteiger charge is -2.19. The summed E-state index contributed by atoms with van der Waals surface area (Å²) in [6.07, 6.45) is 2.49. The molecule has 98 valence electrons. The molecule has 2 aliphatic rings. The second-order valence-corrected chi connectivity index (χ2v) is 7.03. The highest BCUT2D eigenvalue weighted by atomic mass is 79.9. The molecule has 3 rings (SSSR count). The Kier molecular flexibility index (Phi) is 3.70. The molecule has 18 heavy (non-hydrogen) atoms. The minimum atomic E-state index is 0.312. The van der Waals surface area contributed by atoms with Gasteiger partial charge in [0.1, 0.15) is 5.75 Å². The Labute approximate surface area is 124 Å². The van der Waals surface area contributed by atoms with E-state index >= 15 is 0 Å². The summed E-state index contributed by atoms with van der Waals surface area (Å²) in [5, 5.41) is 0. The molecule has 1 aromatic carbocycles. The number of hydrogen-bond acceptors (Lipinski definition) is 2. The molecule has 0 amide bonds. The molecular formula is C14H16Br2O2. The van der Waals surface area contributed by atoms with Crippen LogP contribution in [0.1, 0.15) is 29.3 Å². The summed E-state index contributed by atoms with van der Waals surface area (Å²) in [5.41, 5.74) is 2.58. The van der Waals surface area contributed by atoms with Crippen LogP contribution >= 0.6 is 31.9 Å². The molecule has 0 radical (unpaired) electrons. The molecule has 2 heterocycles. The van der Waals surface area contributed by atoms with Crippen LogP contribution < -0.4 is 4.74 Å². The van der Waals surface area contributed by atoms with E-state index in [1.54, 1.807) is 0 Å². The Bertz CT molecular complexity index is 461. The van der Waals surface area contributed by atoms with Gasteiger partial charge in [0.05, 0.1) is 19.3 Å². The molecule has 0 spiro atoms. The van der Waals surface area contributed by atoms with E-state index < -0.39 is 0 Å². The van der Waals surface area contributed by atoms with Gasteiger partial charge in [0.25, 0.3) is 0 Å². The molecule has 4 heteroatoms. The summed E-state index contributed by atoms with van der Waals surface area (Å²) in [6.45, 7) is 3.77. The van der Waals surface area contributed by atoms with Crippen molar-refractivity contribution >= 4 is 31.9 Å². The fourth-order valence-corrected chi connectivity index (χ4v) is 4.04.